The Labute approximate surface area is 224 Å². The molecule has 1 N–H and O–H groups in total. The molecule has 0 aliphatic heterocycles. The predicted molar refractivity (Wildman–Crippen MR) is 141 cm³/mol. The third-order valence-corrected chi connectivity index (χ3v) is 6.62. The molecule has 0 amide bonds. The molecule has 1 atom stereocenters. The van der Waals surface area contributed by atoms with E-state index in [1.54, 1.807) is 44.2 Å². The maximum atomic E-state index is 14.5. The summed E-state index contributed by atoms with van der Waals surface area (Å²) >= 11 is 0. The fourth-order valence-electron chi connectivity index (χ4n) is 3.62. The van der Waals surface area contributed by atoms with E-state index < -0.39 is 32.7 Å². The highest BCUT2D eigenvalue weighted by molar-refractivity contribution is 7.85. The Balaban J connectivity index is 0.000000353. The zero-order valence-corrected chi connectivity index (χ0v) is 21.9. The number of nitro groups is 1. The van der Waals surface area contributed by atoms with Gasteiger partial charge in [-0.2, -0.15) is 8.42 Å². The number of aromatic nitrogens is 2. The SMILES string of the molecule is Cc1ncc([N+](=O)[O-])n1CCOC(=O)[C@@H](C)c1ccc(-c2ccccc2)c(F)c1.O=S(=O)(O)c1ccccc1. The van der Waals surface area contributed by atoms with E-state index in [2.05, 4.69) is 4.98 Å². The number of halogens is 1. The largest absolute Gasteiger partial charge is 0.461 e. The first kappa shape index (κ1) is 29.1. The number of imidazole rings is 1. The molecule has 0 aliphatic rings. The number of carbonyl (C=O) groups is 1. The van der Waals surface area contributed by atoms with Crippen LogP contribution in [0.3, 0.4) is 0 Å². The van der Waals surface area contributed by atoms with Crippen molar-refractivity contribution in [2.45, 2.75) is 31.2 Å². The molecule has 4 rings (SSSR count). The van der Waals surface area contributed by atoms with Gasteiger partial charge in [-0.1, -0.05) is 60.7 Å². The molecule has 12 heteroatoms. The second-order valence-electron chi connectivity index (χ2n) is 8.35. The minimum Gasteiger partial charge on any atom is -0.461 e. The fraction of sp³-hybridized carbons (Fsp3) is 0.185. The standard InChI is InChI=1S/C21H20FN3O4.C6H6O3S/c1-14(17-8-9-18(19(22)12-17)16-6-4-3-5-7-16)21(26)29-11-10-24-15(2)23-13-20(24)25(27)28;7-10(8,9)6-4-2-1-3-5-6/h3-9,12-14H,10-11H2,1-2H3;1-5H,(H,7,8,9)/t14-;/m0./s1. The Morgan fingerprint density at radius 1 is 1.10 bits per heavy atom. The number of rotatable bonds is 8. The Hall–Kier alpha value is -4.42. The number of ether oxygens (including phenoxy) is 1. The van der Waals surface area contributed by atoms with Gasteiger partial charge in [-0.3, -0.25) is 9.35 Å². The van der Waals surface area contributed by atoms with E-state index in [1.807, 2.05) is 30.3 Å². The van der Waals surface area contributed by atoms with Crippen LogP contribution in [0.1, 0.15) is 24.2 Å². The van der Waals surface area contributed by atoms with Crippen molar-refractivity contribution in [1.29, 1.82) is 0 Å². The lowest BCUT2D eigenvalue weighted by Gasteiger charge is -2.13. The second-order valence-corrected chi connectivity index (χ2v) is 9.78. The monoisotopic (exact) mass is 555 g/mol. The summed E-state index contributed by atoms with van der Waals surface area (Å²) in [5.74, 6) is -1.33. The maximum Gasteiger partial charge on any atom is 0.342 e. The van der Waals surface area contributed by atoms with E-state index in [9.17, 15) is 27.7 Å². The van der Waals surface area contributed by atoms with Crippen LogP contribution in [0.4, 0.5) is 10.2 Å². The average Bonchev–Trinajstić information content (AvgIpc) is 3.29. The van der Waals surface area contributed by atoms with Crippen molar-refractivity contribution in [3.63, 3.8) is 0 Å². The highest BCUT2D eigenvalue weighted by Crippen LogP contribution is 2.27. The Morgan fingerprint density at radius 2 is 1.72 bits per heavy atom. The van der Waals surface area contributed by atoms with Crippen LogP contribution in [-0.2, 0) is 26.2 Å². The van der Waals surface area contributed by atoms with Gasteiger partial charge >= 0.3 is 11.8 Å². The summed E-state index contributed by atoms with van der Waals surface area (Å²) < 4.78 is 50.4. The fourth-order valence-corrected chi connectivity index (χ4v) is 4.12. The van der Waals surface area contributed by atoms with E-state index in [4.69, 9.17) is 9.29 Å². The number of carbonyl (C=O) groups excluding carboxylic acids is 1. The van der Waals surface area contributed by atoms with E-state index in [-0.39, 0.29) is 23.9 Å². The highest BCUT2D eigenvalue weighted by Gasteiger charge is 2.21. The number of aryl methyl sites for hydroxylation is 1. The lowest BCUT2D eigenvalue weighted by molar-refractivity contribution is -0.392. The lowest BCUT2D eigenvalue weighted by Crippen LogP contribution is -2.17. The molecule has 0 radical (unpaired) electrons. The molecular formula is C27H26FN3O7S. The molecule has 204 valence electrons. The highest BCUT2D eigenvalue weighted by atomic mass is 32.2. The molecule has 0 fully saturated rings. The molecule has 4 aromatic rings. The van der Waals surface area contributed by atoms with Crippen LogP contribution in [-0.4, -0.2) is 40.0 Å². The zero-order chi connectivity index (χ0) is 28.6. The first-order valence-electron chi connectivity index (χ1n) is 11.7. The third-order valence-electron chi connectivity index (χ3n) is 5.75. The summed E-state index contributed by atoms with van der Waals surface area (Å²) in [4.78, 5) is 26.6. The molecule has 0 aliphatic carbocycles. The van der Waals surface area contributed by atoms with Crippen LogP contribution < -0.4 is 0 Å². The number of hydrogen-bond donors (Lipinski definition) is 1. The van der Waals surface area contributed by atoms with Crippen LogP contribution in [0.2, 0.25) is 0 Å². The zero-order valence-electron chi connectivity index (χ0n) is 21.1. The first-order valence-corrected chi connectivity index (χ1v) is 13.1. The van der Waals surface area contributed by atoms with Crippen LogP contribution in [0.25, 0.3) is 11.1 Å². The molecular weight excluding hydrogens is 529 g/mol. The van der Waals surface area contributed by atoms with Gasteiger partial charge in [0.25, 0.3) is 10.1 Å². The summed E-state index contributed by atoms with van der Waals surface area (Å²) in [6.45, 7) is 3.33. The van der Waals surface area contributed by atoms with E-state index in [0.29, 0.717) is 17.0 Å². The van der Waals surface area contributed by atoms with Gasteiger partial charge in [0.05, 0.1) is 10.8 Å². The van der Waals surface area contributed by atoms with Crippen LogP contribution >= 0.6 is 0 Å². The summed E-state index contributed by atoms with van der Waals surface area (Å²) in [5, 5.41) is 11.0. The summed E-state index contributed by atoms with van der Waals surface area (Å²) in [6, 6.07) is 21.2. The molecule has 1 heterocycles. The van der Waals surface area contributed by atoms with Gasteiger partial charge in [-0.15, -0.1) is 0 Å². The maximum absolute atomic E-state index is 14.5. The normalized spacial score (nSPS) is 11.7. The number of benzene rings is 3. The quantitative estimate of drug-likeness (QED) is 0.136. The predicted octanol–water partition coefficient (Wildman–Crippen LogP) is 5.19. The van der Waals surface area contributed by atoms with Crippen molar-refractivity contribution in [2.24, 2.45) is 0 Å². The topological polar surface area (TPSA) is 142 Å². The van der Waals surface area contributed by atoms with Crippen molar-refractivity contribution in [3.05, 3.63) is 112 Å². The average molecular weight is 556 g/mol. The van der Waals surface area contributed by atoms with Crippen LogP contribution in [0, 0.1) is 22.9 Å². The third kappa shape index (κ3) is 7.79. The Morgan fingerprint density at radius 3 is 2.26 bits per heavy atom. The molecule has 3 aromatic carbocycles. The number of esters is 1. The molecule has 39 heavy (non-hydrogen) atoms. The molecule has 0 spiro atoms. The van der Waals surface area contributed by atoms with Crippen LogP contribution in [0.5, 0.6) is 0 Å². The van der Waals surface area contributed by atoms with Crippen molar-refractivity contribution in [3.8, 4) is 11.1 Å². The summed E-state index contributed by atoms with van der Waals surface area (Å²) in [5.41, 5.74) is 1.71. The molecule has 0 saturated heterocycles. The van der Waals surface area contributed by atoms with Gasteiger partial charge in [0, 0.05) is 12.5 Å². The summed E-state index contributed by atoms with van der Waals surface area (Å²) in [6.07, 6.45) is 1.16. The van der Waals surface area contributed by atoms with Crippen LogP contribution in [0.15, 0.2) is 90.0 Å². The van der Waals surface area contributed by atoms with Crippen molar-refractivity contribution in [2.75, 3.05) is 6.61 Å². The number of hydrogen-bond acceptors (Lipinski definition) is 7. The Bertz CT molecular complexity index is 1540. The molecule has 0 unspecified atom stereocenters. The van der Waals surface area contributed by atoms with Gasteiger partial charge in [-0.25, -0.2) is 13.9 Å². The van der Waals surface area contributed by atoms with Gasteiger partial charge in [0.2, 0.25) is 0 Å². The van der Waals surface area contributed by atoms with Crippen molar-refractivity contribution in [1.82, 2.24) is 9.55 Å². The van der Waals surface area contributed by atoms with E-state index in [0.717, 1.165) is 11.8 Å². The van der Waals surface area contributed by atoms with Gasteiger partial charge < -0.3 is 14.9 Å². The molecule has 0 bridgehead atoms. The first-order chi connectivity index (χ1) is 18.5. The molecule has 10 nitrogen and oxygen atoms in total. The van der Waals surface area contributed by atoms with Crippen molar-refractivity contribution < 1.29 is 31.8 Å². The van der Waals surface area contributed by atoms with E-state index >= 15 is 0 Å². The number of nitrogens with zero attached hydrogens (tertiary/aromatic N) is 3. The molecule has 1 aromatic heterocycles. The van der Waals surface area contributed by atoms with Crippen molar-refractivity contribution >= 4 is 21.9 Å². The van der Waals surface area contributed by atoms with E-state index in [1.165, 1.54) is 22.8 Å². The van der Waals surface area contributed by atoms with Gasteiger partial charge in [0.1, 0.15) is 25.2 Å². The second kappa shape index (κ2) is 12.9. The minimum atomic E-state index is -4.00. The summed E-state index contributed by atoms with van der Waals surface area (Å²) in [7, 11) is -4.00. The van der Waals surface area contributed by atoms with Gasteiger partial charge in [-0.05, 0) is 41.2 Å². The lowest BCUT2D eigenvalue weighted by atomic mass is 9.97. The minimum absolute atomic E-state index is 0.0498. The molecule has 0 saturated carbocycles. The van der Waals surface area contributed by atoms with Gasteiger partial charge in [0.15, 0.2) is 5.82 Å². The Kier molecular flexibility index (Phi) is 9.63. The smallest absolute Gasteiger partial charge is 0.342 e.